The largest absolute Gasteiger partial charge is 0.324 e. The normalized spacial score (nSPS) is 23.8. The molecule has 0 atom stereocenters. The molecule has 1 aliphatic heterocycles. The maximum atomic E-state index is 13.2. The van der Waals surface area contributed by atoms with Crippen molar-refractivity contribution in [3.8, 4) is 0 Å². The predicted octanol–water partition coefficient (Wildman–Crippen LogP) is 2.22. The Morgan fingerprint density at radius 2 is 1.95 bits per heavy atom. The van der Waals surface area contributed by atoms with Gasteiger partial charge in [-0.3, -0.25) is 0 Å². The molecule has 1 aliphatic carbocycles. The highest BCUT2D eigenvalue weighted by Crippen LogP contribution is 2.26. The van der Waals surface area contributed by atoms with Crippen LogP contribution >= 0.6 is 0 Å². The van der Waals surface area contributed by atoms with Gasteiger partial charge in [-0.2, -0.15) is 0 Å². The van der Waals surface area contributed by atoms with Gasteiger partial charge in [0.25, 0.3) is 10.0 Å². The molecule has 108 valence electrons. The lowest BCUT2D eigenvalue weighted by molar-refractivity contribution is 0.443. The Bertz CT molecular complexity index is 652. The minimum absolute atomic E-state index is 0.0832. The van der Waals surface area contributed by atoms with Crippen LogP contribution < -0.4 is 10.0 Å². The molecule has 0 spiro atoms. The maximum absolute atomic E-state index is 13.2. The fraction of sp³-hybridized carbons (Fsp3) is 0.462. The summed E-state index contributed by atoms with van der Waals surface area (Å²) in [5.41, 5.74) is 0.361. The molecule has 2 N–H and O–H groups in total. The van der Waals surface area contributed by atoms with Gasteiger partial charge in [-0.15, -0.1) is 0 Å². The van der Waals surface area contributed by atoms with E-state index >= 15 is 0 Å². The van der Waals surface area contributed by atoms with Crippen LogP contribution in [-0.2, 0) is 10.0 Å². The van der Waals surface area contributed by atoms with Crippen LogP contribution in [0.4, 0.5) is 10.1 Å². The van der Waals surface area contributed by atoms with Crippen molar-refractivity contribution in [2.45, 2.75) is 43.0 Å². The van der Waals surface area contributed by atoms with Gasteiger partial charge in [0.15, 0.2) is 0 Å². The number of benzene rings is 1. The van der Waals surface area contributed by atoms with Crippen molar-refractivity contribution < 1.29 is 12.8 Å². The second-order valence-electron chi connectivity index (χ2n) is 5.14. The highest BCUT2D eigenvalue weighted by molar-refractivity contribution is 7.90. The Balaban J connectivity index is 1.91. The fourth-order valence-corrected chi connectivity index (χ4v) is 3.75. The number of hydrogen-bond acceptors (Lipinski definition) is 3. The molecule has 1 heterocycles. The standard InChI is InChI=1S/C13H16FN3O2S/c14-9-6-7-11-12(8-9)20(18,19)17-13(16-11)15-10-4-2-1-3-5-10/h6-8,10H,1-5H2,(H2,15,16,17). The van der Waals surface area contributed by atoms with E-state index < -0.39 is 15.8 Å². The van der Waals surface area contributed by atoms with Gasteiger partial charge in [-0.25, -0.2) is 22.5 Å². The number of aliphatic imine (C=N–C) groups is 1. The summed E-state index contributed by atoms with van der Waals surface area (Å²) in [6.45, 7) is 0. The van der Waals surface area contributed by atoms with Crippen LogP contribution in [0, 0.1) is 5.82 Å². The smallest absolute Gasteiger partial charge is 0.266 e. The second-order valence-corrected chi connectivity index (χ2v) is 6.79. The van der Waals surface area contributed by atoms with E-state index in [0.717, 1.165) is 31.7 Å². The molecular formula is C13H16FN3O2S. The molecule has 0 bridgehead atoms. The molecule has 0 unspecified atom stereocenters. The molecule has 0 aromatic heterocycles. The van der Waals surface area contributed by atoms with E-state index in [2.05, 4.69) is 15.0 Å². The van der Waals surface area contributed by atoms with E-state index in [9.17, 15) is 12.8 Å². The van der Waals surface area contributed by atoms with E-state index in [0.29, 0.717) is 5.69 Å². The SMILES string of the molecule is O=S1(=O)NC(=NC2CCCCC2)Nc2ccc(F)cc21. The number of nitrogens with zero attached hydrogens (tertiary/aromatic N) is 1. The van der Waals surface area contributed by atoms with Gasteiger partial charge in [0, 0.05) is 0 Å². The average molecular weight is 297 g/mol. The van der Waals surface area contributed by atoms with E-state index in [4.69, 9.17) is 0 Å². The summed E-state index contributed by atoms with van der Waals surface area (Å²) in [5, 5.41) is 2.92. The van der Waals surface area contributed by atoms with Crippen LogP contribution in [-0.4, -0.2) is 20.4 Å². The first-order valence-electron chi connectivity index (χ1n) is 6.72. The number of rotatable bonds is 1. The third-order valence-corrected chi connectivity index (χ3v) is 4.98. The summed E-state index contributed by atoms with van der Waals surface area (Å²) in [7, 11) is -3.75. The molecule has 1 aromatic carbocycles. The van der Waals surface area contributed by atoms with Crippen LogP contribution in [0.2, 0.25) is 0 Å². The van der Waals surface area contributed by atoms with E-state index in [1.807, 2.05) is 0 Å². The molecular weight excluding hydrogens is 281 g/mol. The Morgan fingerprint density at radius 1 is 1.20 bits per heavy atom. The number of fused-ring (bicyclic) bond motifs is 1. The van der Waals surface area contributed by atoms with Crippen molar-refractivity contribution in [1.82, 2.24) is 4.72 Å². The lowest BCUT2D eigenvalue weighted by atomic mass is 9.96. The Kier molecular flexibility index (Phi) is 3.37. The summed E-state index contributed by atoms with van der Waals surface area (Å²) in [6.07, 6.45) is 5.40. The first-order chi connectivity index (χ1) is 9.54. The average Bonchev–Trinajstić information content (AvgIpc) is 2.40. The van der Waals surface area contributed by atoms with Gasteiger partial charge in [0.1, 0.15) is 10.7 Å². The van der Waals surface area contributed by atoms with Crippen LogP contribution in [0.3, 0.4) is 0 Å². The monoisotopic (exact) mass is 297 g/mol. The Morgan fingerprint density at radius 3 is 2.70 bits per heavy atom. The maximum Gasteiger partial charge on any atom is 0.266 e. The van der Waals surface area contributed by atoms with Crippen molar-refractivity contribution >= 4 is 21.7 Å². The number of sulfonamides is 1. The number of halogens is 1. The third kappa shape index (κ3) is 2.63. The lowest BCUT2D eigenvalue weighted by Crippen LogP contribution is -2.41. The molecule has 2 aliphatic rings. The van der Waals surface area contributed by atoms with Crippen molar-refractivity contribution in [2.75, 3.05) is 5.32 Å². The predicted molar refractivity (Wildman–Crippen MR) is 74.7 cm³/mol. The molecule has 7 heteroatoms. The van der Waals surface area contributed by atoms with Crippen molar-refractivity contribution in [2.24, 2.45) is 4.99 Å². The molecule has 5 nitrogen and oxygen atoms in total. The van der Waals surface area contributed by atoms with Crippen molar-refractivity contribution in [3.63, 3.8) is 0 Å². The third-order valence-electron chi connectivity index (χ3n) is 3.60. The van der Waals surface area contributed by atoms with Crippen LogP contribution in [0.15, 0.2) is 28.1 Å². The first kappa shape index (κ1) is 13.4. The van der Waals surface area contributed by atoms with Gasteiger partial charge in [0.2, 0.25) is 5.96 Å². The number of nitrogens with one attached hydrogen (secondary N) is 2. The highest BCUT2D eigenvalue weighted by atomic mass is 32.2. The summed E-state index contributed by atoms with van der Waals surface area (Å²) in [4.78, 5) is 4.35. The minimum atomic E-state index is -3.75. The summed E-state index contributed by atoms with van der Waals surface area (Å²) >= 11 is 0. The Labute approximate surface area is 117 Å². The molecule has 0 saturated heterocycles. The van der Waals surface area contributed by atoms with Gasteiger partial charge in [0.05, 0.1) is 11.7 Å². The number of hydrogen-bond donors (Lipinski definition) is 2. The van der Waals surface area contributed by atoms with Gasteiger partial charge in [-0.1, -0.05) is 19.3 Å². The molecule has 1 saturated carbocycles. The molecule has 1 aromatic rings. The molecule has 1 fully saturated rings. The van der Waals surface area contributed by atoms with Crippen LogP contribution in [0.5, 0.6) is 0 Å². The van der Waals surface area contributed by atoms with Gasteiger partial charge in [-0.05, 0) is 31.0 Å². The Hall–Kier alpha value is -1.63. The molecule has 0 amide bonds. The van der Waals surface area contributed by atoms with Gasteiger partial charge < -0.3 is 5.32 Å². The lowest BCUT2D eigenvalue weighted by Gasteiger charge is -2.24. The zero-order valence-electron chi connectivity index (χ0n) is 10.9. The quantitative estimate of drug-likeness (QED) is 0.835. The summed E-state index contributed by atoms with van der Waals surface area (Å²) < 4.78 is 39.7. The molecule has 0 radical (unpaired) electrons. The van der Waals surface area contributed by atoms with E-state index in [1.54, 1.807) is 0 Å². The van der Waals surface area contributed by atoms with Crippen molar-refractivity contribution in [1.29, 1.82) is 0 Å². The number of anilines is 1. The fourth-order valence-electron chi connectivity index (χ4n) is 2.61. The van der Waals surface area contributed by atoms with E-state index in [-0.39, 0.29) is 16.9 Å². The van der Waals surface area contributed by atoms with Crippen molar-refractivity contribution in [3.05, 3.63) is 24.0 Å². The summed E-state index contributed by atoms with van der Waals surface area (Å²) in [6, 6.07) is 3.79. The first-order valence-corrected chi connectivity index (χ1v) is 8.20. The second kappa shape index (κ2) is 5.05. The highest BCUT2D eigenvalue weighted by Gasteiger charge is 2.27. The zero-order valence-corrected chi connectivity index (χ0v) is 11.7. The molecule has 20 heavy (non-hydrogen) atoms. The van der Waals surface area contributed by atoms with Gasteiger partial charge >= 0.3 is 0 Å². The summed E-state index contributed by atoms with van der Waals surface area (Å²) in [5.74, 6) is -0.348. The van der Waals surface area contributed by atoms with Crippen LogP contribution in [0.1, 0.15) is 32.1 Å². The van der Waals surface area contributed by atoms with E-state index in [1.165, 1.54) is 18.6 Å². The minimum Gasteiger partial charge on any atom is -0.324 e. The topological polar surface area (TPSA) is 70.6 Å². The zero-order chi connectivity index (χ0) is 14.2. The number of guanidine groups is 1. The van der Waals surface area contributed by atoms with Crippen LogP contribution in [0.25, 0.3) is 0 Å². The molecule has 3 rings (SSSR count).